The van der Waals surface area contributed by atoms with Crippen molar-refractivity contribution in [3.8, 4) is 0 Å². The van der Waals surface area contributed by atoms with E-state index in [1.54, 1.807) is 11.8 Å². The van der Waals surface area contributed by atoms with Crippen LogP contribution in [0.25, 0.3) is 0 Å². The van der Waals surface area contributed by atoms with Gasteiger partial charge in [-0.15, -0.1) is 11.8 Å². The molecular weight excluding hydrogens is 394 g/mol. The monoisotopic (exact) mass is 419 g/mol. The van der Waals surface area contributed by atoms with Gasteiger partial charge in [0.05, 0.1) is 6.26 Å². The van der Waals surface area contributed by atoms with Crippen LogP contribution in [0, 0.1) is 0 Å². The SMILES string of the molecule is CSc1cccc(NC(=O)c2ccc(CN3CCN(S(C)(=O)=O)CC3)cc2)c1. The largest absolute Gasteiger partial charge is 0.322 e. The topological polar surface area (TPSA) is 69.7 Å². The number of nitrogens with one attached hydrogen (secondary N) is 1. The molecule has 28 heavy (non-hydrogen) atoms. The second-order valence-corrected chi connectivity index (χ2v) is 9.68. The first-order valence-corrected chi connectivity index (χ1v) is 12.1. The lowest BCUT2D eigenvalue weighted by atomic mass is 10.1. The highest BCUT2D eigenvalue weighted by Gasteiger charge is 2.23. The van der Waals surface area contributed by atoms with Gasteiger partial charge in [-0.2, -0.15) is 4.31 Å². The third-order valence-corrected chi connectivity index (χ3v) is 6.78. The number of carbonyl (C=O) groups is 1. The number of nitrogens with zero attached hydrogens (tertiary/aromatic N) is 2. The zero-order chi connectivity index (χ0) is 20.1. The summed E-state index contributed by atoms with van der Waals surface area (Å²) in [5, 5.41) is 2.93. The molecule has 3 rings (SSSR count). The van der Waals surface area contributed by atoms with Gasteiger partial charge in [-0.25, -0.2) is 8.42 Å². The zero-order valence-corrected chi connectivity index (χ0v) is 17.7. The number of carbonyl (C=O) groups excluding carboxylic acids is 1. The molecule has 0 bridgehead atoms. The van der Waals surface area contributed by atoms with E-state index in [1.165, 1.54) is 10.6 Å². The minimum Gasteiger partial charge on any atom is -0.322 e. The molecule has 0 unspecified atom stereocenters. The number of piperazine rings is 1. The lowest BCUT2D eigenvalue weighted by Crippen LogP contribution is -2.47. The molecule has 2 aromatic carbocycles. The van der Waals surface area contributed by atoms with E-state index in [1.807, 2.05) is 54.8 Å². The predicted octanol–water partition coefficient (Wildman–Crippen LogP) is 2.74. The summed E-state index contributed by atoms with van der Waals surface area (Å²) in [6.07, 6.45) is 3.25. The van der Waals surface area contributed by atoms with Gasteiger partial charge in [-0.05, 0) is 42.2 Å². The Kier molecular flexibility index (Phi) is 6.77. The molecule has 6 nitrogen and oxygen atoms in total. The predicted molar refractivity (Wildman–Crippen MR) is 114 cm³/mol. The van der Waals surface area contributed by atoms with E-state index < -0.39 is 10.0 Å². The molecule has 0 aliphatic carbocycles. The Bertz CT molecular complexity index is 922. The van der Waals surface area contributed by atoms with Crippen molar-refractivity contribution in [2.45, 2.75) is 11.4 Å². The molecule has 1 amide bonds. The lowest BCUT2D eigenvalue weighted by Gasteiger charge is -2.33. The zero-order valence-electron chi connectivity index (χ0n) is 16.1. The molecule has 8 heteroatoms. The number of amides is 1. The molecule has 150 valence electrons. The highest BCUT2D eigenvalue weighted by Crippen LogP contribution is 2.20. The minimum atomic E-state index is -3.11. The van der Waals surface area contributed by atoms with Crippen LogP contribution in [0.3, 0.4) is 0 Å². The maximum absolute atomic E-state index is 12.5. The average Bonchev–Trinajstić information content (AvgIpc) is 2.68. The first kappa shape index (κ1) is 20.9. The Morgan fingerprint density at radius 2 is 1.75 bits per heavy atom. The highest BCUT2D eigenvalue weighted by molar-refractivity contribution is 7.98. The van der Waals surface area contributed by atoms with Gasteiger partial charge in [0, 0.05) is 48.9 Å². The van der Waals surface area contributed by atoms with Crippen molar-refractivity contribution in [1.29, 1.82) is 0 Å². The van der Waals surface area contributed by atoms with Gasteiger partial charge in [0.1, 0.15) is 0 Å². The molecule has 2 aromatic rings. The molecule has 0 spiro atoms. The third kappa shape index (κ3) is 5.57. The second kappa shape index (κ2) is 9.09. The first-order chi connectivity index (χ1) is 13.3. The molecule has 0 aromatic heterocycles. The number of hydrogen-bond donors (Lipinski definition) is 1. The van der Waals surface area contributed by atoms with Crippen molar-refractivity contribution in [3.05, 3.63) is 59.7 Å². The minimum absolute atomic E-state index is 0.133. The van der Waals surface area contributed by atoms with Crippen LogP contribution in [-0.2, 0) is 16.6 Å². The van der Waals surface area contributed by atoms with Crippen LogP contribution in [-0.4, -0.2) is 62.2 Å². The number of hydrogen-bond acceptors (Lipinski definition) is 5. The van der Waals surface area contributed by atoms with Crippen LogP contribution >= 0.6 is 11.8 Å². The standard InChI is InChI=1S/C20H25N3O3S2/c1-27-19-5-3-4-18(14-19)21-20(24)17-8-6-16(7-9-17)15-22-10-12-23(13-11-22)28(2,25)26/h3-9,14H,10-13,15H2,1-2H3,(H,21,24). The van der Waals surface area contributed by atoms with E-state index in [4.69, 9.17) is 0 Å². The van der Waals surface area contributed by atoms with Crippen molar-refractivity contribution in [3.63, 3.8) is 0 Å². The van der Waals surface area contributed by atoms with E-state index in [9.17, 15) is 13.2 Å². The molecule has 1 N–H and O–H groups in total. The van der Waals surface area contributed by atoms with Crippen LogP contribution in [0.4, 0.5) is 5.69 Å². The Morgan fingerprint density at radius 3 is 2.36 bits per heavy atom. The van der Waals surface area contributed by atoms with Crippen molar-refractivity contribution >= 4 is 33.4 Å². The Morgan fingerprint density at radius 1 is 1.07 bits per heavy atom. The summed E-state index contributed by atoms with van der Waals surface area (Å²) in [5.74, 6) is -0.133. The summed E-state index contributed by atoms with van der Waals surface area (Å²) in [7, 11) is -3.11. The van der Waals surface area contributed by atoms with E-state index in [0.29, 0.717) is 31.7 Å². The first-order valence-electron chi connectivity index (χ1n) is 9.07. The number of rotatable bonds is 6. The lowest BCUT2D eigenvalue weighted by molar-refractivity contribution is 0.102. The highest BCUT2D eigenvalue weighted by atomic mass is 32.2. The van der Waals surface area contributed by atoms with Crippen molar-refractivity contribution < 1.29 is 13.2 Å². The number of benzene rings is 2. The number of thioether (sulfide) groups is 1. The van der Waals surface area contributed by atoms with E-state index in [2.05, 4.69) is 10.2 Å². The maximum Gasteiger partial charge on any atom is 0.255 e. The van der Waals surface area contributed by atoms with Gasteiger partial charge in [0.2, 0.25) is 10.0 Å². The van der Waals surface area contributed by atoms with Crippen LogP contribution in [0.2, 0.25) is 0 Å². The molecular formula is C20H25N3O3S2. The normalized spacial score (nSPS) is 16.1. The molecule has 0 saturated carbocycles. The fourth-order valence-corrected chi connectivity index (χ4v) is 4.43. The Hall–Kier alpha value is -1.87. The van der Waals surface area contributed by atoms with Gasteiger partial charge < -0.3 is 5.32 Å². The Balaban J connectivity index is 1.55. The molecule has 0 atom stereocenters. The van der Waals surface area contributed by atoms with Gasteiger partial charge in [0.25, 0.3) is 5.91 Å². The Labute approximate surface area is 171 Å². The van der Waals surface area contributed by atoms with Crippen LogP contribution < -0.4 is 5.32 Å². The molecule has 1 aliphatic rings. The summed E-state index contributed by atoms with van der Waals surface area (Å²) < 4.78 is 24.7. The average molecular weight is 420 g/mol. The fourth-order valence-electron chi connectivity index (χ4n) is 3.14. The van der Waals surface area contributed by atoms with Crippen LogP contribution in [0.1, 0.15) is 15.9 Å². The van der Waals surface area contributed by atoms with Crippen LogP contribution in [0.5, 0.6) is 0 Å². The number of sulfonamides is 1. The quantitative estimate of drug-likeness (QED) is 0.729. The van der Waals surface area contributed by atoms with Crippen LogP contribution in [0.15, 0.2) is 53.4 Å². The summed E-state index contributed by atoms with van der Waals surface area (Å²) >= 11 is 1.63. The summed E-state index contributed by atoms with van der Waals surface area (Å²) in [6.45, 7) is 3.21. The summed E-state index contributed by atoms with van der Waals surface area (Å²) in [6, 6.07) is 15.3. The summed E-state index contributed by atoms with van der Waals surface area (Å²) in [4.78, 5) is 15.8. The van der Waals surface area contributed by atoms with E-state index in [-0.39, 0.29) is 5.91 Å². The van der Waals surface area contributed by atoms with Crippen molar-refractivity contribution in [2.75, 3.05) is 44.0 Å². The van der Waals surface area contributed by atoms with Gasteiger partial charge >= 0.3 is 0 Å². The third-order valence-electron chi connectivity index (χ3n) is 4.75. The molecule has 1 heterocycles. The molecule has 0 radical (unpaired) electrons. The smallest absolute Gasteiger partial charge is 0.255 e. The van der Waals surface area contributed by atoms with Gasteiger partial charge in [-0.1, -0.05) is 18.2 Å². The summed E-state index contributed by atoms with van der Waals surface area (Å²) in [5.41, 5.74) is 2.50. The fraction of sp³-hybridized carbons (Fsp3) is 0.350. The number of anilines is 1. The van der Waals surface area contributed by atoms with E-state index >= 15 is 0 Å². The second-order valence-electron chi connectivity index (χ2n) is 6.82. The van der Waals surface area contributed by atoms with Crippen molar-refractivity contribution in [1.82, 2.24) is 9.21 Å². The van der Waals surface area contributed by atoms with Gasteiger partial charge in [0.15, 0.2) is 0 Å². The van der Waals surface area contributed by atoms with E-state index in [0.717, 1.165) is 22.7 Å². The van der Waals surface area contributed by atoms with Crippen molar-refractivity contribution in [2.24, 2.45) is 0 Å². The molecule has 1 aliphatic heterocycles. The molecule has 1 fully saturated rings. The maximum atomic E-state index is 12.5. The molecule has 1 saturated heterocycles. The van der Waals surface area contributed by atoms with Gasteiger partial charge in [-0.3, -0.25) is 9.69 Å².